The maximum Gasteiger partial charge on any atom is 0.219 e. The maximum absolute atomic E-state index is 11.4. The van der Waals surface area contributed by atoms with Gasteiger partial charge in [0.2, 0.25) is 5.91 Å². The molecule has 0 spiro atoms. The average molecular weight is 233 g/mol. The first kappa shape index (κ1) is 12.1. The summed E-state index contributed by atoms with van der Waals surface area (Å²) < 4.78 is 5.90. The van der Waals surface area contributed by atoms with E-state index in [0.29, 0.717) is 13.1 Å². The number of benzene rings is 1. The molecule has 92 valence electrons. The number of aryl methyl sites for hydroxylation is 1. The summed E-state index contributed by atoms with van der Waals surface area (Å²) in [7, 11) is 0. The molecule has 0 saturated carbocycles. The van der Waals surface area contributed by atoms with Crippen LogP contribution in [0.5, 0.6) is 0 Å². The highest BCUT2D eigenvalue weighted by molar-refractivity contribution is 5.73. The fraction of sp³-hybridized carbons (Fsp3) is 0.500. The molecule has 1 aromatic rings. The lowest BCUT2D eigenvalue weighted by molar-refractivity contribution is -0.142. The van der Waals surface area contributed by atoms with Gasteiger partial charge in [-0.2, -0.15) is 0 Å². The Morgan fingerprint density at radius 2 is 1.94 bits per heavy atom. The first-order chi connectivity index (χ1) is 8.06. The molecule has 1 aliphatic rings. The monoisotopic (exact) mass is 233 g/mol. The summed E-state index contributed by atoms with van der Waals surface area (Å²) in [5, 5.41) is 0. The van der Waals surface area contributed by atoms with Crippen LogP contribution in [-0.4, -0.2) is 30.0 Å². The highest BCUT2D eigenvalue weighted by atomic mass is 16.5. The lowest BCUT2D eigenvalue weighted by Crippen LogP contribution is -2.45. The molecule has 0 radical (unpaired) electrons. The van der Waals surface area contributed by atoms with Crippen molar-refractivity contribution in [1.29, 1.82) is 0 Å². The van der Waals surface area contributed by atoms with Gasteiger partial charge in [0.25, 0.3) is 0 Å². The summed E-state index contributed by atoms with van der Waals surface area (Å²) >= 11 is 0. The number of hydrogen-bond donors (Lipinski definition) is 0. The topological polar surface area (TPSA) is 29.5 Å². The van der Waals surface area contributed by atoms with Crippen LogP contribution >= 0.6 is 0 Å². The van der Waals surface area contributed by atoms with E-state index < -0.39 is 0 Å². The van der Waals surface area contributed by atoms with Crippen molar-refractivity contribution in [2.75, 3.05) is 13.1 Å². The van der Waals surface area contributed by atoms with Crippen LogP contribution in [0.3, 0.4) is 0 Å². The van der Waals surface area contributed by atoms with Crippen molar-refractivity contribution in [3.63, 3.8) is 0 Å². The Hall–Kier alpha value is -1.35. The molecule has 3 nitrogen and oxygen atoms in total. The summed E-state index contributed by atoms with van der Waals surface area (Å²) in [5.74, 6) is 0.122. The quantitative estimate of drug-likeness (QED) is 0.745. The third-order valence-corrected chi connectivity index (χ3v) is 3.15. The van der Waals surface area contributed by atoms with Crippen LogP contribution in [0.25, 0.3) is 0 Å². The minimum Gasteiger partial charge on any atom is -0.367 e. The minimum atomic E-state index is 0.00301. The molecule has 1 saturated heterocycles. The van der Waals surface area contributed by atoms with Gasteiger partial charge in [0.1, 0.15) is 6.10 Å². The Labute approximate surface area is 102 Å². The van der Waals surface area contributed by atoms with E-state index in [1.807, 2.05) is 11.8 Å². The molecule has 2 atom stereocenters. The smallest absolute Gasteiger partial charge is 0.219 e. The van der Waals surface area contributed by atoms with Crippen LogP contribution in [0.1, 0.15) is 31.1 Å². The fourth-order valence-corrected chi connectivity index (χ4v) is 2.17. The standard InChI is InChI=1S/C14H19NO2/c1-10-4-6-13(7-5-10)14-9-15(12(3)16)8-11(2)17-14/h4-7,11,14H,8-9H2,1-3H3. The van der Waals surface area contributed by atoms with Crippen LogP contribution in [0, 0.1) is 6.92 Å². The van der Waals surface area contributed by atoms with Gasteiger partial charge in [-0.05, 0) is 19.4 Å². The second-order valence-electron chi connectivity index (χ2n) is 4.77. The predicted molar refractivity (Wildman–Crippen MR) is 66.7 cm³/mol. The van der Waals surface area contributed by atoms with Gasteiger partial charge in [0.15, 0.2) is 0 Å². The number of hydrogen-bond acceptors (Lipinski definition) is 2. The molecule has 2 rings (SSSR count). The van der Waals surface area contributed by atoms with E-state index in [1.165, 1.54) is 5.56 Å². The van der Waals surface area contributed by atoms with Gasteiger partial charge in [0, 0.05) is 13.5 Å². The second-order valence-corrected chi connectivity index (χ2v) is 4.77. The molecule has 1 aromatic carbocycles. The van der Waals surface area contributed by atoms with Crippen molar-refractivity contribution in [3.8, 4) is 0 Å². The van der Waals surface area contributed by atoms with Gasteiger partial charge in [-0.3, -0.25) is 4.79 Å². The largest absolute Gasteiger partial charge is 0.367 e. The van der Waals surface area contributed by atoms with E-state index in [9.17, 15) is 4.79 Å². The van der Waals surface area contributed by atoms with Crippen LogP contribution in [0.4, 0.5) is 0 Å². The second kappa shape index (κ2) is 4.88. The summed E-state index contributed by atoms with van der Waals surface area (Å²) in [6.07, 6.45) is 0.0993. The number of ether oxygens (including phenoxy) is 1. The highest BCUT2D eigenvalue weighted by Crippen LogP contribution is 2.25. The molecule has 1 amide bonds. The molecule has 0 bridgehead atoms. The zero-order chi connectivity index (χ0) is 12.4. The molecule has 0 aromatic heterocycles. The number of rotatable bonds is 1. The van der Waals surface area contributed by atoms with Crippen LogP contribution in [0.2, 0.25) is 0 Å². The number of carbonyl (C=O) groups is 1. The van der Waals surface area contributed by atoms with Crippen LogP contribution in [-0.2, 0) is 9.53 Å². The number of nitrogens with zero attached hydrogens (tertiary/aromatic N) is 1. The molecule has 2 unspecified atom stereocenters. The minimum absolute atomic E-state index is 0.00301. The van der Waals surface area contributed by atoms with E-state index in [4.69, 9.17) is 4.74 Å². The Kier molecular flexibility index (Phi) is 3.48. The lowest BCUT2D eigenvalue weighted by Gasteiger charge is -2.36. The number of carbonyl (C=O) groups excluding carboxylic acids is 1. The van der Waals surface area contributed by atoms with E-state index in [2.05, 4.69) is 31.2 Å². The SMILES string of the molecule is CC(=O)N1CC(C)OC(c2ccc(C)cc2)C1. The van der Waals surface area contributed by atoms with Crippen LogP contribution < -0.4 is 0 Å². The average Bonchev–Trinajstić information content (AvgIpc) is 2.29. The molecular formula is C14H19NO2. The zero-order valence-electron chi connectivity index (χ0n) is 10.6. The molecule has 1 fully saturated rings. The summed E-state index contributed by atoms with van der Waals surface area (Å²) in [5.41, 5.74) is 2.38. The van der Waals surface area contributed by atoms with Gasteiger partial charge in [-0.25, -0.2) is 0 Å². The Morgan fingerprint density at radius 3 is 2.53 bits per heavy atom. The number of morpholine rings is 1. The fourth-order valence-electron chi connectivity index (χ4n) is 2.17. The number of amides is 1. The normalized spacial score (nSPS) is 24.8. The third-order valence-electron chi connectivity index (χ3n) is 3.15. The first-order valence-corrected chi connectivity index (χ1v) is 6.04. The van der Waals surface area contributed by atoms with Crippen LogP contribution in [0.15, 0.2) is 24.3 Å². The first-order valence-electron chi connectivity index (χ1n) is 6.04. The van der Waals surface area contributed by atoms with Gasteiger partial charge in [-0.15, -0.1) is 0 Å². The summed E-state index contributed by atoms with van der Waals surface area (Å²) in [6.45, 7) is 7.04. The van der Waals surface area contributed by atoms with Crippen molar-refractivity contribution < 1.29 is 9.53 Å². The third kappa shape index (κ3) is 2.86. The van der Waals surface area contributed by atoms with Crippen molar-refractivity contribution in [1.82, 2.24) is 4.90 Å². The van der Waals surface area contributed by atoms with Gasteiger partial charge in [-0.1, -0.05) is 29.8 Å². The van der Waals surface area contributed by atoms with Crippen molar-refractivity contribution >= 4 is 5.91 Å². The van der Waals surface area contributed by atoms with E-state index >= 15 is 0 Å². The van der Waals surface area contributed by atoms with Crippen molar-refractivity contribution in [3.05, 3.63) is 35.4 Å². The van der Waals surface area contributed by atoms with Gasteiger partial charge >= 0.3 is 0 Å². The van der Waals surface area contributed by atoms with Crippen molar-refractivity contribution in [2.45, 2.75) is 33.0 Å². The van der Waals surface area contributed by atoms with Gasteiger partial charge in [0.05, 0.1) is 12.6 Å². The Morgan fingerprint density at radius 1 is 1.29 bits per heavy atom. The molecule has 1 aliphatic heterocycles. The molecule has 0 aliphatic carbocycles. The van der Waals surface area contributed by atoms with E-state index in [0.717, 1.165) is 5.56 Å². The van der Waals surface area contributed by atoms with Gasteiger partial charge < -0.3 is 9.64 Å². The molecule has 17 heavy (non-hydrogen) atoms. The lowest BCUT2D eigenvalue weighted by atomic mass is 10.0. The zero-order valence-corrected chi connectivity index (χ0v) is 10.6. The van der Waals surface area contributed by atoms with E-state index in [1.54, 1.807) is 6.92 Å². The molecule has 0 N–H and O–H groups in total. The Bertz CT molecular complexity index is 399. The maximum atomic E-state index is 11.4. The Balaban J connectivity index is 2.15. The van der Waals surface area contributed by atoms with E-state index in [-0.39, 0.29) is 18.1 Å². The molecule has 1 heterocycles. The van der Waals surface area contributed by atoms with Crippen molar-refractivity contribution in [2.24, 2.45) is 0 Å². The predicted octanol–water partition coefficient (Wildman–Crippen LogP) is 2.30. The summed E-state index contributed by atoms with van der Waals surface area (Å²) in [6, 6.07) is 8.32. The summed E-state index contributed by atoms with van der Waals surface area (Å²) in [4.78, 5) is 13.3. The molecule has 3 heteroatoms. The molecular weight excluding hydrogens is 214 g/mol. The highest BCUT2D eigenvalue weighted by Gasteiger charge is 2.27.